The van der Waals surface area contributed by atoms with Crippen molar-refractivity contribution in [3.63, 3.8) is 0 Å². The molecule has 0 aliphatic carbocycles. The number of carbonyl (C=O) groups is 1. The molecule has 2 N–H and O–H groups in total. The third-order valence-corrected chi connectivity index (χ3v) is 7.29. The van der Waals surface area contributed by atoms with Gasteiger partial charge in [0, 0.05) is 37.5 Å². The maximum atomic E-state index is 13.4. The van der Waals surface area contributed by atoms with Gasteiger partial charge in [0.25, 0.3) is 0 Å². The number of ether oxygens (including phenoxy) is 1. The molecular formula is C22H32N2O6S. The zero-order chi connectivity index (χ0) is 23.3. The fourth-order valence-electron chi connectivity index (χ4n) is 3.35. The molecule has 1 aromatic rings. The first-order valence-electron chi connectivity index (χ1n) is 10.4. The van der Waals surface area contributed by atoms with E-state index in [1.54, 1.807) is 31.9 Å². The second kappa shape index (κ2) is 10.5. The Hall–Kier alpha value is -2.12. The minimum Gasteiger partial charge on any atom is -0.487 e. The third kappa shape index (κ3) is 5.98. The molecule has 1 aliphatic heterocycles. The number of sulfonamides is 1. The Kier molecular flexibility index (Phi) is 8.49. The summed E-state index contributed by atoms with van der Waals surface area (Å²) in [7, 11) is -2.25. The number of aliphatic hydroxyl groups is 2. The number of amides is 1. The van der Waals surface area contributed by atoms with Crippen LogP contribution in [0.1, 0.15) is 39.7 Å². The Morgan fingerprint density at radius 2 is 2.06 bits per heavy atom. The molecule has 0 saturated heterocycles. The molecule has 31 heavy (non-hydrogen) atoms. The van der Waals surface area contributed by atoms with Gasteiger partial charge in [0.15, 0.2) is 0 Å². The average Bonchev–Trinajstić information content (AvgIpc) is 2.73. The van der Waals surface area contributed by atoms with E-state index in [4.69, 9.17) is 4.74 Å². The van der Waals surface area contributed by atoms with Crippen LogP contribution in [0.25, 0.3) is 0 Å². The lowest BCUT2D eigenvalue weighted by atomic mass is 10.0. The second-order valence-electron chi connectivity index (χ2n) is 7.97. The Balaban J connectivity index is 2.58. The number of benzene rings is 1. The van der Waals surface area contributed by atoms with Crippen molar-refractivity contribution in [1.29, 1.82) is 0 Å². The van der Waals surface area contributed by atoms with Gasteiger partial charge in [-0.3, -0.25) is 4.79 Å². The summed E-state index contributed by atoms with van der Waals surface area (Å²) in [4.78, 5) is 13.7. The van der Waals surface area contributed by atoms with Crippen LogP contribution in [0.15, 0.2) is 23.1 Å². The largest absolute Gasteiger partial charge is 0.487 e. The van der Waals surface area contributed by atoms with E-state index in [9.17, 15) is 23.4 Å². The lowest BCUT2D eigenvalue weighted by Crippen LogP contribution is -2.50. The molecule has 0 spiro atoms. The average molecular weight is 453 g/mol. The van der Waals surface area contributed by atoms with Gasteiger partial charge in [-0.25, -0.2) is 8.42 Å². The number of likely N-dealkylation sites (N-methyl/N-ethyl adjacent to an activating group) is 1. The molecule has 0 bridgehead atoms. The quantitative estimate of drug-likeness (QED) is 0.647. The molecule has 4 atom stereocenters. The summed E-state index contributed by atoms with van der Waals surface area (Å²) in [6.07, 6.45) is -0.938. The minimum atomic E-state index is -3.94. The fraction of sp³-hybridized carbons (Fsp3) is 0.591. The number of aliphatic hydroxyl groups excluding tert-OH is 2. The van der Waals surface area contributed by atoms with Crippen LogP contribution in [0.4, 0.5) is 0 Å². The Morgan fingerprint density at radius 1 is 1.39 bits per heavy atom. The van der Waals surface area contributed by atoms with Crippen molar-refractivity contribution in [3.8, 4) is 17.6 Å². The third-order valence-electron chi connectivity index (χ3n) is 5.27. The predicted octanol–water partition coefficient (Wildman–Crippen LogP) is 1.06. The van der Waals surface area contributed by atoms with E-state index in [-0.39, 0.29) is 42.2 Å². The summed E-state index contributed by atoms with van der Waals surface area (Å²) in [5, 5.41) is 19.1. The first kappa shape index (κ1) is 25.1. The highest BCUT2D eigenvalue weighted by molar-refractivity contribution is 7.89. The Labute approximate surface area is 184 Å². The van der Waals surface area contributed by atoms with Crippen LogP contribution >= 0.6 is 0 Å². The summed E-state index contributed by atoms with van der Waals surface area (Å²) in [5.74, 6) is 5.28. The molecule has 1 aliphatic rings. The van der Waals surface area contributed by atoms with Gasteiger partial charge < -0.3 is 19.8 Å². The van der Waals surface area contributed by atoms with E-state index < -0.39 is 28.3 Å². The van der Waals surface area contributed by atoms with Gasteiger partial charge >= 0.3 is 0 Å². The monoisotopic (exact) mass is 452 g/mol. The Bertz CT molecular complexity index is 950. The smallest absolute Gasteiger partial charge is 0.247 e. The summed E-state index contributed by atoms with van der Waals surface area (Å²) < 4.78 is 34.2. The number of hydrogen-bond acceptors (Lipinski definition) is 6. The van der Waals surface area contributed by atoms with Gasteiger partial charge in [0.2, 0.25) is 15.9 Å². The van der Waals surface area contributed by atoms with E-state index >= 15 is 0 Å². The van der Waals surface area contributed by atoms with Gasteiger partial charge in [0.05, 0.1) is 13.2 Å². The molecule has 9 heteroatoms. The predicted molar refractivity (Wildman–Crippen MR) is 117 cm³/mol. The van der Waals surface area contributed by atoms with Crippen molar-refractivity contribution >= 4 is 15.9 Å². The van der Waals surface area contributed by atoms with Crippen molar-refractivity contribution in [3.05, 3.63) is 23.8 Å². The highest BCUT2D eigenvalue weighted by Crippen LogP contribution is 2.34. The van der Waals surface area contributed by atoms with Crippen LogP contribution in [0, 0.1) is 17.8 Å². The molecule has 0 aromatic heterocycles. The maximum absolute atomic E-state index is 13.4. The van der Waals surface area contributed by atoms with E-state index in [1.165, 1.54) is 23.4 Å². The van der Waals surface area contributed by atoms with E-state index in [1.807, 2.05) is 6.92 Å². The van der Waals surface area contributed by atoms with Crippen molar-refractivity contribution < 1.29 is 28.2 Å². The van der Waals surface area contributed by atoms with Crippen molar-refractivity contribution in [1.82, 2.24) is 9.21 Å². The number of nitrogens with zero attached hydrogens (tertiary/aromatic N) is 2. The van der Waals surface area contributed by atoms with Crippen LogP contribution in [-0.4, -0.2) is 78.7 Å². The number of carbonyl (C=O) groups excluding carboxylic acids is 1. The van der Waals surface area contributed by atoms with Crippen LogP contribution in [0.3, 0.4) is 0 Å². The summed E-state index contributed by atoms with van der Waals surface area (Å²) in [6, 6.07) is 3.91. The maximum Gasteiger partial charge on any atom is 0.247 e. The van der Waals surface area contributed by atoms with Gasteiger partial charge in [-0.1, -0.05) is 25.7 Å². The molecule has 2 rings (SSSR count). The van der Waals surface area contributed by atoms with Crippen LogP contribution in [-0.2, 0) is 14.8 Å². The molecule has 1 aromatic carbocycles. The molecule has 0 fully saturated rings. The molecule has 0 saturated carbocycles. The lowest BCUT2D eigenvalue weighted by molar-refractivity contribution is -0.131. The van der Waals surface area contributed by atoms with Crippen LogP contribution in [0.2, 0.25) is 0 Å². The number of hydrogen-bond donors (Lipinski definition) is 2. The normalized spacial score (nSPS) is 22.5. The summed E-state index contributed by atoms with van der Waals surface area (Å²) in [6.45, 7) is 6.94. The molecule has 1 heterocycles. The van der Waals surface area contributed by atoms with Gasteiger partial charge in [-0.05, 0) is 32.0 Å². The van der Waals surface area contributed by atoms with E-state index in [0.717, 1.165) is 0 Å². The number of fused-ring (bicyclic) bond motifs is 1. The Morgan fingerprint density at radius 3 is 2.65 bits per heavy atom. The minimum absolute atomic E-state index is 0.0169. The number of rotatable bonds is 5. The van der Waals surface area contributed by atoms with Gasteiger partial charge in [-0.2, -0.15) is 4.31 Å². The van der Waals surface area contributed by atoms with Gasteiger partial charge in [0.1, 0.15) is 22.9 Å². The summed E-state index contributed by atoms with van der Waals surface area (Å²) >= 11 is 0. The zero-order valence-electron chi connectivity index (χ0n) is 18.7. The first-order chi connectivity index (χ1) is 14.5. The van der Waals surface area contributed by atoms with E-state index in [0.29, 0.717) is 12.0 Å². The van der Waals surface area contributed by atoms with Gasteiger partial charge in [-0.15, -0.1) is 0 Å². The molecule has 0 unspecified atom stereocenters. The molecule has 8 nitrogen and oxygen atoms in total. The lowest BCUT2D eigenvalue weighted by Gasteiger charge is -2.37. The van der Waals surface area contributed by atoms with Crippen molar-refractivity contribution in [2.45, 2.75) is 57.3 Å². The topological polar surface area (TPSA) is 107 Å². The highest BCUT2D eigenvalue weighted by Gasteiger charge is 2.38. The first-order valence-corrected chi connectivity index (χ1v) is 11.8. The second-order valence-corrected chi connectivity index (χ2v) is 9.83. The van der Waals surface area contributed by atoms with Crippen molar-refractivity contribution in [2.75, 3.05) is 26.7 Å². The molecule has 172 valence electrons. The standard InChI is InChI=1S/C22H32N2O6S/c1-6-22(27)23(5)13-20-15(2)12-24(16(3)14-25)31(28,29)21-10-9-18(8-7-17(4)26)11-19(21)30-20/h9-11,15-17,20,25-26H,6,12-14H2,1-5H3/t15-,16+,17-,20+/m1/s1. The highest BCUT2D eigenvalue weighted by atomic mass is 32.2. The SMILES string of the molecule is CCC(=O)N(C)C[C@@H]1Oc2cc(C#C[C@@H](C)O)ccc2S(=O)(=O)N([C@@H](C)CO)C[C@H]1C. The van der Waals surface area contributed by atoms with Crippen molar-refractivity contribution in [2.24, 2.45) is 5.92 Å². The van der Waals surface area contributed by atoms with E-state index in [2.05, 4.69) is 11.8 Å². The van der Waals surface area contributed by atoms with Crippen LogP contribution < -0.4 is 4.74 Å². The molecule has 0 radical (unpaired) electrons. The molecule has 1 amide bonds. The zero-order valence-corrected chi connectivity index (χ0v) is 19.5. The van der Waals surface area contributed by atoms with Crippen LogP contribution in [0.5, 0.6) is 5.75 Å². The summed E-state index contributed by atoms with van der Waals surface area (Å²) in [5.41, 5.74) is 0.501. The molecular weight excluding hydrogens is 420 g/mol. The fourth-order valence-corrected chi connectivity index (χ4v) is 5.18.